The number of ether oxygens (including phenoxy) is 1. The van der Waals surface area contributed by atoms with Crippen LogP contribution in [0.1, 0.15) is 30.5 Å². The van der Waals surface area contributed by atoms with Crippen LogP contribution in [-0.2, 0) is 27.3 Å². The third-order valence-electron chi connectivity index (χ3n) is 8.96. The second-order valence-corrected chi connectivity index (χ2v) is 15.0. The van der Waals surface area contributed by atoms with Crippen molar-refractivity contribution in [3.05, 3.63) is 125 Å². The molecule has 0 heterocycles. The van der Waals surface area contributed by atoms with Crippen LogP contribution in [-0.4, -0.2) is 49.0 Å². The highest BCUT2D eigenvalue weighted by molar-refractivity contribution is 7.86. The summed E-state index contributed by atoms with van der Waals surface area (Å²) in [6.45, 7) is 7.23. The van der Waals surface area contributed by atoms with E-state index in [2.05, 4.69) is 36.0 Å². The molecule has 0 radical (unpaired) electrons. The van der Waals surface area contributed by atoms with E-state index in [0.29, 0.717) is 33.7 Å². The summed E-state index contributed by atoms with van der Waals surface area (Å²) >= 11 is 0. The number of phenols is 1. The SMILES string of the molecule is COc1ccc(Nc2ccc3c(O)c(N=NC4=CC(C)C(N=Nc5cc(C)c(N=Nc6ccc(CO)cc6S(=O)(=O)O)cc5C)C=C4C)ccc3c2)cc1.O=S(=O)=O. The first-order chi connectivity index (χ1) is 27.6. The number of hydrogen-bond acceptors (Lipinski definition) is 15. The number of phenolic OH excluding ortho intramolecular Hbond substituents is 1. The molecule has 0 bridgehead atoms. The Labute approximate surface area is 335 Å². The molecule has 0 fully saturated rings. The number of anilines is 2. The smallest absolute Gasteiger partial charge is 0.425 e. The maximum atomic E-state index is 11.9. The van der Waals surface area contributed by atoms with E-state index < -0.39 is 32.2 Å². The van der Waals surface area contributed by atoms with Crippen LogP contribution in [0.5, 0.6) is 11.5 Å². The van der Waals surface area contributed by atoms with E-state index in [1.807, 2.05) is 94.4 Å². The molecular weight excluding hydrogens is 787 g/mol. The Morgan fingerprint density at radius 3 is 1.98 bits per heavy atom. The minimum absolute atomic E-state index is 0.0442. The summed E-state index contributed by atoms with van der Waals surface area (Å²) in [7, 11) is -6.07. The van der Waals surface area contributed by atoms with Crippen molar-refractivity contribution in [2.24, 2.45) is 36.6 Å². The number of azo groups is 3. The van der Waals surface area contributed by atoms with Crippen molar-refractivity contribution >= 4 is 65.6 Å². The fraction of sp³-hybridized carbons (Fsp3) is 0.200. The van der Waals surface area contributed by atoms with Gasteiger partial charge in [-0.25, -0.2) is 0 Å². The van der Waals surface area contributed by atoms with Crippen LogP contribution in [0.25, 0.3) is 10.8 Å². The zero-order valence-corrected chi connectivity index (χ0v) is 33.5. The van der Waals surface area contributed by atoms with Gasteiger partial charge in [0.15, 0.2) is 5.75 Å². The lowest BCUT2D eigenvalue weighted by Crippen LogP contribution is -2.15. The van der Waals surface area contributed by atoms with E-state index in [1.54, 1.807) is 19.2 Å². The Bertz CT molecular complexity index is 2730. The number of aliphatic hydroxyl groups excluding tert-OH is 1. The van der Waals surface area contributed by atoms with Crippen LogP contribution in [0, 0.1) is 19.8 Å². The molecule has 0 saturated carbocycles. The molecule has 58 heavy (non-hydrogen) atoms. The van der Waals surface area contributed by atoms with E-state index in [9.17, 15) is 23.2 Å². The van der Waals surface area contributed by atoms with Gasteiger partial charge in [-0.3, -0.25) is 4.55 Å². The summed E-state index contributed by atoms with van der Waals surface area (Å²) in [5, 5.41) is 51.6. The first kappa shape index (κ1) is 42.7. The van der Waals surface area contributed by atoms with Crippen LogP contribution >= 0.6 is 0 Å². The molecule has 0 aliphatic heterocycles. The highest BCUT2D eigenvalue weighted by Crippen LogP contribution is 2.38. The first-order valence-electron chi connectivity index (χ1n) is 17.5. The molecule has 18 heteroatoms. The Hall–Kier alpha value is -6.47. The number of fused-ring (bicyclic) bond motifs is 1. The van der Waals surface area contributed by atoms with Gasteiger partial charge in [0.25, 0.3) is 10.1 Å². The Morgan fingerprint density at radius 1 is 0.741 bits per heavy atom. The second kappa shape index (κ2) is 18.6. The molecule has 1 aliphatic carbocycles. The van der Waals surface area contributed by atoms with Crippen LogP contribution in [0.4, 0.5) is 34.1 Å². The van der Waals surface area contributed by atoms with Crippen molar-refractivity contribution in [2.75, 3.05) is 12.4 Å². The van der Waals surface area contributed by atoms with Crippen molar-refractivity contribution in [2.45, 2.75) is 45.2 Å². The van der Waals surface area contributed by atoms with Crippen LogP contribution in [0.2, 0.25) is 0 Å². The van der Waals surface area contributed by atoms with Gasteiger partial charge in [0.05, 0.1) is 36.8 Å². The average Bonchev–Trinajstić information content (AvgIpc) is 3.18. The largest absolute Gasteiger partial charge is 0.505 e. The van der Waals surface area contributed by atoms with Gasteiger partial charge in [-0.2, -0.15) is 28.9 Å². The summed E-state index contributed by atoms with van der Waals surface area (Å²) in [5.74, 6) is 0.777. The summed E-state index contributed by atoms with van der Waals surface area (Å²) in [6.07, 6.45) is 3.97. The molecule has 300 valence electrons. The maximum absolute atomic E-state index is 11.9. The molecule has 2 unspecified atom stereocenters. The molecule has 6 rings (SSSR count). The van der Waals surface area contributed by atoms with Crippen molar-refractivity contribution in [1.82, 2.24) is 0 Å². The Morgan fingerprint density at radius 2 is 1.34 bits per heavy atom. The minimum Gasteiger partial charge on any atom is -0.505 e. The van der Waals surface area contributed by atoms with Gasteiger partial charge in [0, 0.05) is 22.7 Å². The maximum Gasteiger partial charge on any atom is 0.425 e. The van der Waals surface area contributed by atoms with Gasteiger partial charge in [0.2, 0.25) is 0 Å². The number of rotatable bonds is 11. The van der Waals surface area contributed by atoms with Gasteiger partial charge in [-0.15, -0.1) is 22.9 Å². The highest BCUT2D eigenvalue weighted by atomic mass is 32.2. The molecule has 0 spiro atoms. The number of allylic oxidation sites excluding steroid dienone is 1. The summed E-state index contributed by atoms with van der Waals surface area (Å²) in [5.41, 5.74) is 6.58. The summed E-state index contributed by atoms with van der Waals surface area (Å²) in [4.78, 5) is -0.443. The minimum atomic E-state index is -4.59. The quantitative estimate of drug-likeness (QED) is 0.0725. The number of benzene rings is 5. The molecule has 0 aromatic heterocycles. The third kappa shape index (κ3) is 10.9. The molecule has 16 nitrogen and oxygen atoms in total. The third-order valence-corrected chi connectivity index (χ3v) is 9.84. The number of hydrogen-bond donors (Lipinski definition) is 4. The van der Waals surface area contributed by atoms with E-state index in [-0.39, 0.29) is 23.4 Å². The number of methoxy groups -OCH3 is 1. The fourth-order valence-electron chi connectivity index (χ4n) is 5.82. The summed E-state index contributed by atoms with van der Waals surface area (Å²) in [6, 6.07) is 24.3. The lowest BCUT2D eigenvalue weighted by Gasteiger charge is -2.19. The average molecular weight is 826 g/mol. The Balaban J connectivity index is 0.00000153. The highest BCUT2D eigenvalue weighted by Gasteiger charge is 2.21. The van der Waals surface area contributed by atoms with Gasteiger partial charge in [0.1, 0.15) is 22.0 Å². The summed E-state index contributed by atoms with van der Waals surface area (Å²) < 4.78 is 64.0. The predicted octanol–water partition coefficient (Wildman–Crippen LogP) is 9.78. The monoisotopic (exact) mass is 825 g/mol. The number of aryl methyl sites for hydroxylation is 2. The first-order valence-corrected chi connectivity index (χ1v) is 19.9. The molecule has 0 saturated heterocycles. The van der Waals surface area contributed by atoms with Crippen molar-refractivity contribution in [3.63, 3.8) is 0 Å². The number of nitrogens with one attached hydrogen (secondary N) is 1. The Kier molecular flexibility index (Phi) is 13.7. The van der Waals surface area contributed by atoms with E-state index >= 15 is 0 Å². The van der Waals surface area contributed by atoms with Gasteiger partial charge in [-0.1, -0.05) is 31.2 Å². The fourth-order valence-corrected chi connectivity index (χ4v) is 6.49. The normalized spacial score (nSPS) is 15.6. The van der Waals surface area contributed by atoms with E-state index in [0.717, 1.165) is 45.3 Å². The lowest BCUT2D eigenvalue weighted by atomic mass is 9.92. The number of aliphatic hydroxyl groups is 1. The molecule has 2 atom stereocenters. The van der Waals surface area contributed by atoms with Crippen molar-refractivity contribution in [1.29, 1.82) is 0 Å². The second-order valence-electron chi connectivity index (χ2n) is 13.2. The number of aromatic hydroxyl groups is 1. The molecule has 4 N–H and O–H groups in total. The molecule has 5 aromatic carbocycles. The standard InChI is InChI=1S/C40H39N7O6S.O3S/c1-23-18-37(25(3)16-35(23)44-42-33-14-6-27(22-48)20-39(33)54(50,51)52)46-47-38-19-24(2)36(17-26(38)4)45-43-34-15-7-28-21-30(10-13-32(28)40(34)49)41-29-8-11-31(53-5)12-9-29;1-4(2)3/h6-21,26,38,41,48-49H,22H2,1-5H3,(H,50,51,52);. The topological polar surface area (TPSA) is 241 Å². The van der Waals surface area contributed by atoms with Crippen LogP contribution in [0.15, 0.2) is 144 Å². The van der Waals surface area contributed by atoms with Gasteiger partial charge >= 0.3 is 10.6 Å². The molecule has 0 amide bonds. The molecule has 1 aliphatic rings. The molecular formula is C40H39N7O9S2. The van der Waals surface area contributed by atoms with Crippen molar-refractivity contribution < 1.29 is 40.5 Å². The predicted molar refractivity (Wildman–Crippen MR) is 218 cm³/mol. The van der Waals surface area contributed by atoms with Gasteiger partial charge < -0.3 is 20.3 Å². The van der Waals surface area contributed by atoms with Crippen molar-refractivity contribution in [3.8, 4) is 11.5 Å². The number of nitrogens with zero attached hydrogens (tertiary/aromatic N) is 6. The zero-order chi connectivity index (χ0) is 42.1. The van der Waals surface area contributed by atoms with Gasteiger partial charge in [-0.05, 0) is 121 Å². The molecule has 5 aromatic rings. The van der Waals surface area contributed by atoms with E-state index in [1.165, 1.54) is 12.1 Å². The zero-order valence-electron chi connectivity index (χ0n) is 31.9. The van der Waals surface area contributed by atoms with Crippen LogP contribution < -0.4 is 10.1 Å². The van der Waals surface area contributed by atoms with Crippen LogP contribution in [0.3, 0.4) is 0 Å². The lowest BCUT2D eigenvalue weighted by molar-refractivity contribution is 0.281. The van der Waals surface area contributed by atoms with E-state index in [4.69, 9.17) is 17.4 Å².